The Kier molecular flexibility index (Phi) is 5.06. The molecule has 0 atom stereocenters. The number of carbonyl (C=O) groups is 1. The summed E-state index contributed by atoms with van der Waals surface area (Å²) in [5.41, 5.74) is 0. The quantitative estimate of drug-likeness (QED) is 0.470. The number of rotatable bonds is 4. The van der Waals surface area contributed by atoms with Gasteiger partial charge in [0.2, 0.25) is 0 Å². The highest BCUT2D eigenvalue weighted by Gasteiger charge is 2.07. The highest BCUT2D eigenvalue weighted by atomic mass is 19.3. The van der Waals surface area contributed by atoms with Crippen molar-refractivity contribution in [1.29, 1.82) is 0 Å². The van der Waals surface area contributed by atoms with Gasteiger partial charge in [0.05, 0.1) is 0 Å². The standard InChI is InChI=1S/C6H8F2O3/c1-2-3-10-6(9)11-4-5(7)8/h2,5H,1,3-4H2. The molecule has 0 aromatic carbocycles. The summed E-state index contributed by atoms with van der Waals surface area (Å²) in [5.74, 6) is 0. The molecule has 0 aliphatic heterocycles. The third-order valence-electron chi connectivity index (χ3n) is 0.646. The second kappa shape index (κ2) is 5.64. The van der Waals surface area contributed by atoms with E-state index in [1.807, 2.05) is 0 Å². The van der Waals surface area contributed by atoms with Gasteiger partial charge in [0, 0.05) is 0 Å². The molecular formula is C6H8F2O3. The lowest BCUT2D eigenvalue weighted by atomic mass is 10.7. The fourth-order valence-corrected chi connectivity index (χ4v) is 0.300. The predicted molar refractivity (Wildman–Crippen MR) is 33.5 cm³/mol. The first kappa shape index (κ1) is 9.87. The molecule has 0 aliphatic rings. The van der Waals surface area contributed by atoms with Gasteiger partial charge in [0.1, 0.15) is 6.61 Å². The van der Waals surface area contributed by atoms with E-state index in [-0.39, 0.29) is 6.61 Å². The fourth-order valence-electron chi connectivity index (χ4n) is 0.300. The molecule has 0 bridgehead atoms. The molecule has 0 radical (unpaired) electrons. The molecule has 0 fully saturated rings. The fraction of sp³-hybridized carbons (Fsp3) is 0.500. The molecule has 0 spiro atoms. The van der Waals surface area contributed by atoms with Crippen LogP contribution in [-0.4, -0.2) is 25.8 Å². The molecular weight excluding hydrogens is 158 g/mol. The largest absolute Gasteiger partial charge is 0.508 e. The second-order valence-electron chi connectivity index (χ2n) is 1.55. The van der Waals surface area contributed by atoms with Crippen molar-refractivity contribution in [2.45, 2.75) is 6.43 Å². The summed E-state index contributed by atoms with van der Waals surface area (Å²) in [6, 6.07) is 0. The van der Waals surface area contributed by atoms with Crippen molar-refractivity contribution in [3.05, 3.63) is 12.7 Å². The molecule has 0 heterocycles. The topological polar surface area (TPSA) is 35.5 Å². The van der Waals surface area contributed by atoms with Crippen molar-refractivity contribution >= 4 is 6.16 Å². The molecule has 5 heteroatoms. The van der Waals surface area contributed by atoms with E-state index in [1.165, 1.54) is 6.08 Å². The molecule has 0 saturated carbocycles. The lowest BCUT2D eigenvalue weighted by Gasteiger charge is -2.02. The van der Waals surface area contributed by atoms with E-state index >= 15 is 0 Å². The molecule has 64 valence electrons. The van der Waals surface area contributed by atoms with Crippen LogP contribution in [0, 0.1) is 0 Å². The first-order chi connectivity index (χ1) is 5.16. The minimum atomic E-state index is -2.66. The van der Waals surface area contributed by atoms with Crippen LogP contribution in [0.3, 0.4) is 0 Å². The van der Waals surface area contributed by atoms with Gasteiger partial charge in [0.25, 0.3) is 6.43 Å². The number of carbonyl (C=O) groups excluding carboxylic acids is 1. The van der Waals surface area contributed by atoms with Gasteiger partial charge in [0.15, 0.2) is 6.61 Å². The molecule has 11 heavy (non-hydrogen) atoms. The summed E-state index contributed by atoms with van der Waals surface area (Å²) in [6.07, 6.45) is -2.46. The number of halogens is 2. The van der Waals surface area contributed by atoms with Gasteiger partial charge in [-0.3, -0.25) is 0 Å². The number of alkyl halides is 2. The Morgan fingerprint density at radius 1 is 1.55 bits per heavy atom. The lowest BCUT2D eigenvalue weighted by molar-refractivity contribution is 0.0113. The average Bonchev–Trinajstić information content (AvgIpc) is 1.97. The van der Waals surface area contributed by atoms with Crippen molar-refractivity contribution in [3.8, 4) is 0 Å². The summed E-state index contributed by atoms with van der Waals surface area (Å²) in [4.78, 5) is 10.3. The van der Waals surface area contributed by atoms with E-state index in [2.05, 4.69) is 16.1 Å². The van der Waals surface area contributed by atoms with Gasteiger partial charge in [-0.1, -0.05) is 12.7 Å². The van der Waals surface area contributed by atoms with Crippen LogP contribution in [0.15, 0.2) is 12.7 Å². The molecule has 0 N–H and O–H groups in total. The highest BCUT2D eigenvalue weighted by Crippen LogP contribution is 1.94. The Balaban J connectivity index is 3.29. The Morgan fingerprint density at radius 3 is 2.64 bits per heavy atom. The molecule has 0 saturated heterocycles. The maximum atomic E-state index is 11.4. The van der Waals surface area contributed by atoms with Crippen LogP contribution in [0.4, 0.5) is 13.6 Å². The Bertz CT molecular complexity index is 136. The predicted octanol–water partition coefficient (Wildman–Crippen LogP) is 1.59. The van der Waals surface area contributed by atoms with Crippen LogP contribution in [0.2, 0.25) is 0 Å². The first-order valence-corrected chi connectivity index (χ1v) is 2.85. The lowest BCUT2D eigenvalue weighted by Crippen LogP contribution is -2.12. The highest BCUT2D eigenvalue weighted by molar-refractivity contribution is 5.59. The van der Waals surface area contributed by atoms with Crippen LogP contribution < -0.4 is 0 Å². The van der Waals surface area contributed by atoms with Crippen LogP contribution >= 0.6 is 0 Å². The zero-order valence-electron chi connectivity index (χ0n) is 5.76. The Labute approximate surface area is 62.6 Å². The van der Waals surface area contributed by atoms with E-state index in [9.17, 15) is 13.6 Å². The molecule has 3 nitrogen and oxygen atoms in total. The summed E-state index contributed by atoms with van der Waals surface area (Å²) < 4.78 is 30.9. The van der Waals surface area contributed by atoms with Crippen molar-refractivity contribution in [2.75, 3.05) is 13.2 Å². The molecule has 0 amide bonds. The normalized spacial score (nSPS) is 9.36. The molecule has 0 unspecified atom stereocenters. The van der Waals surface area contributed by atoms with Crippen LogP contribution in [0.25, 0.3) is 0 Å². The van der Waals surface area contributed by atoms with Crippen molar-refractivity contribution in [2.24, 2.45) is 0 Å². The van der Waals surface area contributed by atoms with Crippen LogP contribution in [-0.2, 0) is 9.47 Å². The molecule has 0 aromatic rings. The zero-order chi connectivity index (χ0) is 8.69. The summed E-state index contributed by atoms with van der Waals surface area (Å²) in [6.45, 7) is 2.27. The van der Waals surface area contributed by atoms with Gasteiger partial charge in [-0.2, -0.15) is 0 Å². The molecule has 0 aliphatic carbocycles. The zero-order valence-corrected chi connectivity index (χ0v) is 5.76. The minimum Gasteiger partial charge on any atom is -0.430 e. The number of ether oxygens (including phenoxy) is 2. The number of hydrogen-bond donors (Lipinski definition) is 0. The SMILES string of the molecule is C=CCOC(=O)OCC(F)F. The van der Waals surface area contributed by atoms with Gasteiger partial charge >= 0.3 is 6.16 Å². The van der Waals surface area contributed by atoms with Gasteiger partial charge in [-0.05, 0) is 0 Å². The Morgan fingerprint density at radius 2 is 2.18 bits per heavy atom. The van der Waals surface area contributed by atoms with Crippen molar-refractivity contribution < 1.29 is 23.0 Å². The van der Waals surface area contributed by atoms with Gasteiger partial charge in [-0.25, -0.2) is 13.6 Å². The van der Waals surface area contributed by atoms with Crippen molar-refractivity contribution in [1.82, 2.24) is 0 Å². The number of hydrogen-bond acceptors (Lipinski definition) is 3. The monoisotopic (exact) mass is 166 g/mol. The third-order valence-corrected chi connectivity index (χ3v) is 0.646. The average molecular weight is 166 g/mol. The van der Waals surface area contributed by atoms with E-state index < -0.39 is 19.2 Å². The summed E-state index contributed by atoms with van der Waals surface area (Å²) in [5, 5.41) is 0. The smallest absolute Gasteiger partial charge is 0.430 e. The molecule has 0 aromatic heterocycles. The van der Waals surface area contributed by atoms with Crippen molar-refractivity contribution in [3.63, 3.8) is 0 Å². The maximum Gasteiger partial charge on any atom is 0.508 e. The van der Waals surface area contributed by atoms with Gasteiger partial charge in [-0.15, -0.1) is 0 Å². The molecule has 0 rings (SSSR count). The van der Waals surface area contributed by atoms with Crippen LogP contribution in [0.1, 0.15) is 0 Å². The second-order valence-corrected chi connectivity index (χ2v) is 1.55. The Hall–Kier alpha value is -1.13. The maximum absolute atomic E-state index is 11.4. The third kappa shape index (κ3) is 6.76. The summed E-state index contributed by atoms with van der Waals surface area (Å²) in [7, 11) is 0. The minimum absolute atomic E-state index is 0.0396. The van der Waals surface area contributed by atoms with E-state index in [0.29, 0.717) is 0 Å². The van der Waals surface area contributed by atoms with E-state index in [1.54, 1.807) is 0 Å². The van der Waals surface area contributed by atoms with E-state index in [4.69, 9.17) is 0 Å². The summed E-state index contributed by atoms with van der Waals surface area (Å²) >= 11 is 0. The van der Waals surface area contributed by atoms with Crippen LogP contribution in [0.5, 0.6) is 0 Å². The van der Waals surface area contributed by atoms with Gasteiger partial charge < -0.3 is 9.47 Å². The first-order valence-electron chi connectivity index (χ1n) is 2.85. The van der Waals surface area contributed by atoms with E-state index in [0.717, 1.165) is 0 Å².